The average Bonchev–Trinajstić information content (AvgIpc) is 2.97. The Kier molecular flexibility index (Phi) is 8.72. The number of phenols is 2. The van der Waals surface area contributed by atoms with E-state index in [1.807, 2.05) is 0 Å². The third kappa shape index (κ3) is 5.71. The Morgan fingerprint density at radius 2 is 1.35 bits per heavy atom. The second-order valence-electron chi connectivity index (χ2n) is 10.7. The second kappa shape index (κ2) is 12.0. The van der Waals surface area contributed by atoms with Gasteiger partial charge in [-0.15, -0.1) is 0 Å². The Morgan fingerprint density at radius 1 is 0.744 bits per heavy atom. The van der Waals surface area contributed by atoms with E-state index >= 15 is 0 Å². The maximum atomic E-state index is 13.8. The fraction of sp³-hybridized carbons (Fsp3) is 0.536. The summed E-state index contributed by atoms with van der Waals surface area (Å²) in [6.45, 7) is 2.90. The van der Waals surface area contributed by atoms with Crippen LogP contribution in [-0.2, 0) is 14.2 Å². The van der Waals surface area contributed by atoms with Crippen LogP contribution in [0, 0.1) is 0 Å². The van der Waals surface area contributed by atoms with E-state index in [0.29, 0.717) is 0 Å². The molecule has 2 aromatic rings. The number of methoxy groups -OCH3 is 1. The molecule has 8 N–H and O–H groups in total. The fourth-order valence-corrected chi connectivity index (χ4v) is 5.24. The number of aliphatic hydroxyl groups is 6. The molecule has 0 aliphatic carbocycles. The molecule has 12 atom stereocenters. The number of carbonyl (C=O) groups excluding carboxylic acids is 1. The van der Waals surface area contributed by atoms with Gasteiger partial charge < -0.3 is 69.3 Å². The van der Waals surface area contributed by atoms with Crippen LogP contribution in [0.1, 0.15) is 35.9 Å². The van der Waals surface area contributed by atoms with Crippen LogP contribution in [0.15, 0.2) is 30.3 Å². The van der Waals surface area contributed by atoms with E-state index < -0.39 is 85.2 Å². The van der Waals surface area contributed by atoms with Crippen molar-refractivity contribution >= 4 is 5.78 Å². The molecule has 15 heteroatoms. The van der Waals surface area contributed by atoms with Gasteiger partial charge in [0.25, 0.3) is 0 Å². The van der Waals surface area contributed by atoms with Crippen molar-refractivity contribution in [2.75, 3.05) is 7.11 Å². The number of Topliss-reactive ketones (excluding diaryl/α,β-unsaturated/α-hetero) is 1. The third-order valence-corrected chi connectivity index (χ3v) is 7.77. The fourth-order valence-electron chi connectivity index (χ4n) is 5.24. The van der Waals surface area contributed by atoms with E-state index in [9.17, 15) is 45.6 Å². The molecule has 2 fully saturated rings. The molecule has 15 nitrogen and oxygen atoms in total. The number of hydrogen-bond acceptors (Lipinski definition) is 15. The van der Waals surface area contributed by atoms with Crippen molar-refractivity contribution in [2.45, 2.75) is 87.5 Å². The lowest BCUT2D eigenvalue weighted by Gasteiger charge is -2.42. The highest BCUT2D eigenvalue weighted by Crippen LogP contribution is 2.45. The van der Waals surface area contributed by atoms with Crippen LogP contribution < -0.4 is 14.2 Å². The molecule has 5 rings (SSSR count). The quantitative estimate of drug-likeness (QED) is 0.193. The van der Waals surface area contributed by atoms with Gasteiger partial charge in [-0.05, 0) is 31.5 Å². The number of hydrogen-bond donors (Lipinski definition) is 8. The van der Waals surface area contributed by atoms with Crippen LogP contribution in [0.5, 0.6) is 28.7 Å². The molecule has 3 aliphatic heterocycles. The molecule has 43 heavy (non-hydrogen) atoms. The molecular weight excluding hydrogens is 576 g/mol. The number of aromatic hydroxyl groups is 2. The molecule has 0 aromatic heterocycles. The molecule has 0 spiro atoms. The molecule has 0 amide bonds. The van der Waals surface area contributed by atoms with E-state index in [-0.39, 0.29) is 34.1 Å². The topological polar surface area (TPSA) is 234 Å². The predicted octanol–water partition coefficient (Wildman–Crippen LogP) is -1.16. The zero-order chi connectivity index (χ0) is 31.3. The number of aliphatic hydroxyl groups excluding tert-OH is 6. The highest BCUT2D eigenvalue weighted by molar-refractivity contribution is 6.05. The van der Waals surface area contributed by atoms with E-state index in [1.165, 1.54) is 45.2 Å². The van der Waals surface area contributed by atoms with Crippen molar-refractivity contribution in [1.82, 2.24) is 0 Å². The lowest BCUT2D eigenvalue weighted by molar-refractivity contribution is -0.304. The molecule has 0 radical (unpaired) electrons. The van der Waals surface area contributed by atoms with E-state index in [1.54, 1.807) is 0 Å². The predicted molar refractivity (Wildman–Crippen MR) is 141 cm³/mol. The lowest BCUT2D eigenvalue weighted by Crippen LogP contribution is -2.59. The largest absolute Gasteiger partial charge is 0.507 e. The molecule has 2 aromatic carbocycles. The van der Waals surface area contributed by atoms with E-state index in [2.05, 4.69) is 0 Å². The SMILES string of the molecule is COc1ccc(C2Oc3cc(O[C@@H]4O[C@@H](C)[C@H](O)[C@@H](O)[C@H]4O)cc(O)c3C(=O)C2O[C@@H]2O[C@@H](C)[C@H](O)[C@@H](O)[C@H]2O)cc1O. The summed E-state index contributed by atoms with van der Waals surface area (Å²) in [7, 11) is 1.35. The molecule has 3 aliphatic rings. The van der Waals surface area contributed by atoms with Gasteiger partial charge in [0.2, 0.25) is 12.1 Å². The Labute approximate surface area is 245 Å². The van der Waals surface area contributed by atoms with Crippen LogP contribution in [0.3, 0.4) is 0 Å². The van der Waals surface area contributed by atoms with Crippen molar-refractivity contribution in [1.29, 1.82) is 0 Å². The summed E-state index contributed by atoms with van der Waals surface area (Å²) in [5, 5.41) is 82.5. The first-order valence-electron chi connectivity index (χ1n) is 13.5. The first-order chi connectivity index (χ1) is 20.3. The maximum Gasteiger partial charge on any atom is 0.229 e. The van der Waals surface area contributed by atoms with Gasteiger partial charge >= 0.3 is 0 Å². The van der Waals surface area contributed by atoms with Crippen molar-refractivity contribution in [3.05, 3.63) is 41.5 Å². The monoisotopic (exact) mass is 610 g/mol. The number of ketones is 1. The highest BCUT2D eigenvalue weighted by Gasteiger charge is 2.49. The summed E-state index contributed by atoms with van der Waals surface area (Å²) >= 11 is 0. The van der Waals surface area contributed by atoms with Crippen molar-refractivity contribution < 1.29 is 74.1 Å². The number of rotatable bonds is 6. The van der Waals surface area contributed by atoms with Gasteiger partial charge in [0.1, 0.15) is 59.4 Å². The van der Waals surface area contributed by atoms with Gasteiger partial charge in [-0.2, -0.15) is 0 Å². The standard InChI is InChI=1S/C28H34O15/c1-9-18(31)21(34)23(36)27(39-9)41-12-7-14(30)17-16(8-12)42-25(11-4-5-15(38-3)13(29)6-11)26(20(17)33)43-28-24(37)22(35)19(32)10(2)40-28/h4-10,18-19,21-32,34-37H,1-3H3/t9-,10-,18-,19-,21+,22+,23+,24+,25?,26?,27-,28-/m0/s1. The van der Waals surface area contributed by atoms with Gasteiger partial charge in [-0.25, -0.2) is 0 Å². The van der Waals surface area contributed by atoms with Gasteiger partial charge in [-0.3, -0.25) is 4.79 Å². The third-order valence-electron chi connectivity index (χ3n) is 7.77. The van der Waals surface area contributed by atoms with Crippen LogP contribution in [0.25, 0.3) is 0 Å². The van der Waals surface area contributed by atoms with Crippen LogP contribution in [0.2, 0.25) is 0 Å². The highest BCUT2D eigenvalue weighted by atomic mass is 16.7. The molecule has 236 valence electrons. The smallest absolute Gasteiger partial charge is 0.229 e. The first-order valence-corrected chi connectivity index (χ1v) is 13.5. The maximum absolute atomic E-state index is 13.8. The molecule has 2 unspecified atom stereocenters. The number of ether oxygens (including phenoxy) is 6. The summed E-state index contributed by atoms with van der Waals surface area (Å²) in [4.78, 5) is 13.8. The average molecular weight is 611 g/mol. The zero-order valence-corrected chi connectivity index (χ0v) is 23.3. The molecule has 2 saturated heterocycles. The van der Waals surface area contributed by atoms with Gasteiger partial charge in [0.15, 0.2) is 30.0 Å². The minimum atomic E-state index is -1.76. The first kappa shape index (κ1) is 31.2. The summed E-state index contributed by atoms with van der Waals surface area (Å²) in [6, 6.07) is 6.43. The summed E-state index contributed by atoms with van der Waals surface area (Å²) < 4.78 is 33.6. The van der Waals surface area contributed by atoms with Crippen molar-refractivity contribution in [3.63, 3.8) is 0 Å². The molecule has 0 saturated carbocycles. The molecule has 0 bridgehead atoms. The van der Waals surface area contributed by atoms with Crippen LogP contribution in [-0.4, -0.2) is 121 Å². The number of benzene rings is 2. The number of fused-ring (bicyclic) bond motifs is 1. The summed E-state index contributed by atoms with van der Waals surface area (Å²) in [5.74, 6) is -1.92. The minimum absolute atomic E-state index is 0.127. The molecule has 3 heterocycles. The van der Waals surface area contributed by atoms with E-state index in [4.69, 9.17) is 28.4 Å². The van der Waals surface area contributed by atoms with Crippen LogP contribution >= 0.6 is 0 Å². The lowest BCUT2D eigenvalue weighted by atomic mass is 9.92. The Bertz CT molecular complexity index is 1340. The number of carbonyl (C=O) groups is 1. The zero-order valence-electron chi connectivity index (χ0n) is 23.3. The Morgan fingerprint density at radius 3 is 1.95 bits per heavy atom. The van der Waals surface area contributed by atoms with Crippen molar-refractivity contribution in [3.8, 4) is 28.7 Å². The normalized spacial score (nSPS) is 37.7. The Hall–Kier alpha value is -3.25. The minimum Gasteiger partial charge on any atom is -0.507 e. The van der Waals surface area contributed by atoms with Crippen molar-refractivity contribution in [2.24, 2.45) is 0 Å². The number of phenolic OH excluding ortho intramolecular Hbond substituents is 2. The summed E-state index contributed by atoms with van der Waals surface area (Å²) in [5.41, 5.74) is -0.122. The van der Waals surface area contributed by atoms with E-state index in [0.717, 1.165) is 6.07 Å². The van der Waals surface area contributed by atoms with Crippen LogP contribution in [0.4, 0.5) is 0 Å². The second-order valence-corrected chi connectivity index (χ2v) is 10.7. The molecular formula is C28H34O15. The van der Waals surface area contributed by atoms with Gasteiger partial charge in [0.05, 0.1) is 19.3 Å². The summed E-state index contributed by atoms with van der Waals surface area (Å²) in [6.07, 6.45) is -17.3. The Balaban J connectivity index is 1.50. The van der Waals surface area contributed by atoms with Gasteiger partial charge in [0, 0.05) is 12.1 Å². The van der Waals surface area contributed by atoms with Gasteiger partial charge in [-0.1, -0.05) is 6.07 Å².